The number of carbonyl (C=O) groups excluding carboxylic acids is 1. The van der Waals surface area contributed by atoms with Crippen molar-refractivity contribution < 1.29 is 23.7 Å². The van der Waals surface area contributed by atoms with E-state index in [1.165, 1.54) is 0 Å². The molecule has 3 aromatic rings. The molecule has 4 rings (SSSR count). The van der Waals surface area contributed by atoms with Gasteiger partial charge in [-0.05, 0) is 42.8 Å². The summed E-state index contributed by atoms with van der Waals surface area (Å²) in [6.45, 7) is 2.63. The molecule has 29 heavy (non-hydrogen) atoms. The Labute approximate surface area is 168 Å². The summed E-state index contributed by atoms with van der Waals surface area (Å²) >= 11 is 0. The van der Waals surface area contributed by atoms with Crippen LogP contribution in [0.3, 0.4) is 0 Å². The van der Waals surface area contributed by atoms with E-state index in [4.69, 9.17) is 24.7 Å². The lowest BCUT2D eigenvalue weighted by atomic mass is 10.1. The highest BCUT2D eigenvalue weighted by Gasteiger charge is 2.21. The number of carbonyl (C=O) groups is 1. The van der Waals surface area contributed by atoms with E-state index in [0.29, 0.717) is 29.4 Å². The molecule has 1 aliphatic rings. The molecule has 0 aliphatic carbocycles. The lowest BCUT2D eigenvalue weighted by molar-refractivity contribution is 0.0999. The van der Waals surface area contributed by atoms with Gasteiger partial charge in [0, 0.05) is 23.9 Å². The van der Waals surface area contributed by atoms with E-state index in [2.05, 4.69) is 0 Å². The van der Waals surface area contributed by atoms with Gasteiger partial charge in [0.25, 0.3) is 5.91 Å². The summed E-state index contributed by atoms with van der Waals surface area (Å²) in [4.78, 5) is 12.0. The summed E-state index contributed by atoms with van der Waals surface area (Å²) in [6.07, 6.45) is 0. The van der Waals surface area contributed by atoms with Crippen molar-refractivity contribution in [3.8, 4) is 34.3 Å². The molecule has 0 saturated heterocycles. The smallest absolute Gasteiger partial charge is 0.250 e. The number of nitrogens with two attached hydrogens (primary N) is 1. The Hall–Kier alpha value is -3.61. The molecule has 0 atom stereocenters. The van der Waals surface area contributed by atoms with E-state index >= 15 is 0 Å². The summed E-state index contributed by atoms with van der Waals surface area (Å²) in [6, 6.07) is 13.2. The number of nitrogens with zero attached hydrogens (tertiary/aromatic N) is 1. The van der Waals surface area contributed by atoms with Crippen LogP contribution in [0, 0.1) is 6.92 Å². The fourth-order valence-corrected chi connectivity index (χ4v) is 3.55. The van der Waals surface area contributed by atoms with Crippen molar-refractivity contribution in [1.82, 2.24) is 4.57 Å². The van der Waals surface area contributed by atoms with Crippen LogP contribution < -0.4 is 24.7 Å². The van der Waals surface area contributed by atoms with Gasteiger partial charge >= 0.3 is 0 Å². The third-order valence-electron chi connectivity index (χ3n) is 5.09. The monoisotopic (exact) mass is 394 g/mol. The highest BCUT2D eigenvalue weighted by Crippen LogP contribution is 2.37. The molecule has 7 nitrogen and oxygen atoms in total. The Balaban J connectivity index is 1.82. The molecule has 2 aromatic carbocycles. The molecular formula is C22H22N2O5. The number of ether oxygens (including phenoxy) is 4. The summed E-state index contributed by atoms with van der Waals surface area (Å²) in [5, 5.41) is 0. The van der Waals surface area contributed by atoms with Crippen LogP contribution >= 0.6 is 0 Å². The predicted molar refractivity (Wildman–Crippen MR) is 108 cm³/mol. The lowest BCUT2D eigenvalue weighted by Gasteiger charge is -2.15. The van der Waals surface area contributed by atoms with Gasteiger partial charge in [0.1, 0.15) is 11.5 Å². The average molecular weight is 394 g/mol. The Kier molecular flexibility index (Phi) is 4.80. The van der Waals surface area contributed by atoms with E-state index in [-0.39, 0.29) is 6.79 Å². The van der Waals surface area contributed by atoms with Gasteiger partial charge in [0.2, 0.25) is 6.79 Å². The third kappa shape index (κ3) is 3.35. The first-order valence-electron chi connectivity index (χ1n) is 9.12. The molecule has 0 saturated carbocycles. The summed E-state index contributed by atoms with van der Waals surface area (Å²) in [5.74, 6) is 2.30. The van der Waals surface area contributed by atoms with Crippen molar-refractivity contribution in [2.24, 2.45) is 5.73 Å². The maximum Gasteiger partial charge on any atom is 0.250 e. The van der Waals surface area contributed by atoms with Crippen LogP contribution in [0.1, 0.15) is 21.6 Å². The molecule has 1 aliphatic heterocycles. The molecule has 0 fully saturated rings. The minimum Gasteiger partial charge on any atom is -0.497 e. The quantitative estimate of drug-likeness (QED) is 0.693. The van der Waals surface area contributed by atoms with Gasteiger partial charge in [-0.1, -0.05) is 6.07 Å². The number of benzene rings is 2. The molecule has 0 radical (unpaired) electrons. The maximum atomic E-state index is 12.0. The molecule has 1 amide bonds. The first-order chi connectivity index (χ1) is 14.0. The zero-order valence-corrected chi connectivity index (χ0v) is 16.5. The van der Waals surface area contributed by atoms with Gasteiger partial charge in [0.05, 0.1) is 25.5 Å². The molecular weight excluding hydrogens is 372 g/mol. The van der Waals surface area contributed by atoms with Gasteiger partial charge < -0.3 is 29.2 Å². The van der Waals surface area contributed by atoms with Crippen LogP contribution in [0.5, 0.6) is 23.0 Å². The zero-order valence-electron chi connectivity index (χ0n) is 16.5. The Morgan fingerprint density at radius 3 is 2.59 bits per heavy atom. The van der Waals surface area contributed by atoms with E-state index in [0.717, 1.165) is 28.3 Å². The highest BCUT2D eigenvalue weighted by molar-refractivity contribution is 5.96. The number of methoxy groups -OCH3 is 2. The van der Waals surface area contributed by atoms with Crippen LogP contribution in [0.15, 0.2) is 42.5 Å². The van der Waals surface area contributed by atoms with Crippen LogP contribution in [-0.4, -0.2) is 31.5 Å². The SMILES string of the molecule is COc1ccc(-c2cc(C(N)=O)c(C)n2Cc2ccc3c(c2)OCO3)c(OC)c1. The van der Waals surface area contributed by atoms with E-state index in [1.54, 1.807) is 20.3 Å². The first kappa shape index (κ1) is 18.7. The Morgan fingerprint density at radius 1 is 1.07 bits per heavy atom. The molecule has 2 heterocycles. The average Bonchev–Trinajstić information content (AvgIpc) is 3.32. The van der Waals surface area contributed by atoms with E-state index in [1.807, 2.05) is 47.9 Å². The minimum absolute atomic E-state index is 0.224. The van der Waals surface area contributed by atoms with Crippen LogP contribution in [0.25, 0.3) is 11.3 Å². The van der Waals surface area contributed by atoms with Gasteiger partial charge in [-0.25, -0.2) is 0 Å². The summed E-state index contributed by atoms with van der Waals surface area (Å²) < 4.78 is 23.8. The van der Waals surface area contributed by atoms with E-state index < -0.39 is 5.91 Å². The molecule has 150 valence electrons. The third-order valence-corrected chi connectivity index (χ3v) is 5.09. The van der Waals surface area contributed by atoms with Gasteiger partial charge in [-0.15, -0.1) is 0 Å². The minimum atomic E-state index is -0.472. The topological polar surface area (TPSA) is 84.9 Å². The molecule has 0 bridgehead atoms. The molecule has 1 aromatic heterocycles. The number of rotatable bonds is 6. The normalized spacial score (nSPS) is 12.1. The van der Waals surface area contributed by atoms with E-state index in [9.17, 15) is 4.79 Å². The Morgan fingerprint density at radius 2 is 1.86 bits per heavy atom. The van der Waals surface area contributed by atoms with Crippen molar-refractivity contribution in [2.75, 3.05) is 21.0 Å². The number of amides is 1. The number of aromatic nitrogens is 1. The molecule has 2 N–H and O–H groups in total. The Bertz CT molecular complexity index is 1090. The summed E-state index contributed by atoms with van der Waals surface area (Å²) in [7, 11) is 3.21. The van der Waals surface area contributed by atoms with Crippen molar-refractivity contribution in [3.05, 3.63) is 59.3 Å². The molecule has 7 heteroatoms. The van der Waals surface area contributed by atoms with Crippen molar-refractivity contribution >= 4 is 5.91 Å². The van der Waals surface area contributed by atoms with Crippen molar-refractivity contribution in [2.45, 2.75) is 13.5 Å². The van der Waals surface area contributed by atoms with Gasteiger partial charge in [-0.2, -0.15) is 0 Å². The second-order valence-corrected chi connectivity index (χ2v) is 6.73. The second-order valence-electron chi connectivity index (χ2n) is 6.73. The van der Waals surface area contributed by atoms with Gasteiger partial charge in [0.15, 0.2) is 11.5 Å². The largest absolute Gasteiger partial charge is 0.497 e. The van der Waals surface area contributed by atoms with Crippen LogP contribution in [-0.2, 0) is 6.54 Å². The highest BCUT2D eigenvalue weighted by atomic mass is 16.7. The second kappa shape index (κ2) is 7.43. The number of fused-ring (bicyclic) bond motifs is 1. The fourth-order valence-electron chi connectivity index (χ4n) is 3.55. The number of primary amides is 1. The lowest BCUT2D eigenvalue weighted by Crippen LogP contribution is -2.12. The van der Waals surface area contributed by atoms with Crippen molar-refractivity contribution in [3.63, 3.8) is 0 Å². The first-order valence-corrected chi connectivity index (χ1v) is 9.12. The standard InChI is InChI=1S/C22H22N2O5/c1-13-17(22(23)25)10-18(16-6-5-15(26-2)9-20(16)27-3)24(13)11-14-4-7-19-21(8-14)29-12-28-19/h4-10H,11-12H2,1-3H3,(H2,23,25). The summed E-state index contributed by atoms with van der Waals surface area (Å²) in [5.41, 5.74) is 9.55. The van der Waals surface area contributed by atoms with Crippen LogP contribution in [0.2, 0.25) is 0 Å². The zero-order chi connectivity index (χ0) is 20.5. The fraction of sp³-hybridized carbons (Fsp3) is 0.227. The van der Waals surface area contributed by atoms with Gasteiger partial charge in [-0.3, -0.25) is 4.79 Å². The number of hydrogen-bond donors (Lipinski definition) is 1. The van der Waals surface area contributed by atoms with Crippen LogP contribution in [0.4, 0.5) is 0 Å². The predicted octanol–water partition coefficient (Wildman–Crippen LogP) is 3.36. The van der Waals surface area contributed by atoms with Crippen molar-refractivity contribution in [1.29, 1.82) is 0 Å². The molecule has 0 unspecified atom stereocenters. The number of hydrogen-bond acceptors (Lipinski definition) is 5. The molecule has 0 spiro atoms. The maximum absolute atomic E-state index is 12.0.